The fourth-order valence-corrected chi connectivity index (χ4v) is 8.99. The topological polar surface area (TPSA) is 34.0 Å². The van der Waals surface area contributed by atoms with Gasteiger partial charge < -0.3 is 4.90 Å². The Morgan fingerprint density at radius 2 is 1.16 bits per heavy atom. The second-order valence-electron chi connectivity index (χ2n) is 15.0. The minimum Gasteiger partial charge on any atom is -0.310 e. The van der Waals surface area contributed by atoms with Crippen molar-refractivity contribution >= 4 is 60.5 Å². The molecule has 11 rings (SSSR count). The molecule has 2 aromatic heterocycles. The number of fused-ring (bicyclic) bond motifs is 8. The van der Waals surface area contributed by atoms with Crippen molar-refractivity contribution in [1.29, 1.82) is 0 Å². The normalized spacial score (nSPS) is 13.4. The van der Waals surface area contributed by atoms with Crippen molar-refractivity contribution in [3.05, 3.63) is 193 Å². The Bertz CT molecular complexity index is 3120. The zero-order valence-corrected chi connectivity index (χ0v) is 30.6. The van der Waals surface area contributed by atoms with Gasteiger partial charge >= 0.3 is 0 Å². The molecule has 260 valence electrons. The smallest absolute Gasteiger partial charge is 0.235 e. The van der Waals surface area contributed by atoms with Crippen LogP contribution in [-0.2, 0) is 5.41 Å². The van der Waals surface area contributed by atoms with Crippen molar-refractivity contribution < 1.29 is 0 Å². The molecule has 0 N–H and O–H groups in total. The van der Waals surface area contributed by atoms with Gasteiger partial charge in [0, 0.05) is 32.8 Å². The molecule has 4 heteroatoms. The van der Waals surface area contributed by atoms with Crippen molar-refractivity contribution in [3.63, 3.8) is 0 Å². The van der Waals surface area contributed by atoms with Crippen molar-refractivity contribution in [1.82, 2.24) is 14.5 Å². The zero-order chi connectivity index (χ0) is 36.7. The molecule has 55 heavy (non-hydrogen) atoms. The summed E-state index contributed by atoms with van der Waals surface area (Å²) in [7, 11) is 0. The molecule has 0 saturated carbocycles. The molecule has 0 bridgehead atoms. The Labute approximate surface area is 319 Å². The van der Waals surface area contributed by atoms with Crippen LogP contribution in [0.15, 0.2) is 182 Å². The first kappa shape index (κ1) is 31.5. The van der Waals surface area contributed by atoms with E-state index in [2.05, 4.69) is 199 Å². The lowest BCUT2D eigenvalue weighted by Crippen LogP contribution is -2.30. The highest BCUT2D eigenvalue weighted by molar-refractivity contribution is 6.25. The minimum atomic E-state index is -0.228. The summed E-state index contributed by atoms with van der Waals surface area (Å²) in [5.41, 5.74) is 13.4. The summed E-state index contributed by atoms with van der Waals surface area (Å²) < 4.78 is 2.27. The molecule has 1 aliphatic heterocycles. The van der Waals surface area contributed by atoms with Crippen molar-refractivity contribution in [2.75, 3.05) is 4.90 Å². The van der Waals surface area contributed by atoms with E-state index in [4.69, 9.17) is 9.97 Å². The van der Waals surface area contributed by atoms with E-state index in [-0.39, 0.29) is 5.41 Å². The van der Waals surface area contributed by atoms with Gasteiger partial charge in [-0.05, 0) is 81.6 Å². The first-order valence-corrected chi connectivity index (χ1v) is 18.9. The van der Waals surface area contributed by atoms with Gasteiger partial charge in [0.2, 0.25) is 5.95 Å². The van der Waals surface area contributed by atoms with Crippen LogP contribution < -0.4 is 4.90 Å². The molecule has 3 heterocycles. The molecule has 8 aromatic carbocycles. The Hall–Kier alpha value is -7.04. The second kappa shape index (κ2) is 12.0. The summed E-state index contributed by atoms with van der Waals surface area (Å²) in [6, 6.07) is 65.3. The molecule has 0 aliphatic carbocycles. The lowest BCUT2D eigenvalue weighted by atomic mass is 9.73. The Balaban J connectivity index is 1.21. The van der Waals surface area contributed by atoms with Gasteiger partial charge in [-0.3, -0.25) is 4.57 Å². The molecule has 0 atom stereocenters. The third-order valence-electron chi connectivity index (χ3n) is 11.6. The van der Waals surface area contributed by atoms with Crippen LogP contribution in [0.3, 0.4) is 0 Å². The predicted molar refractivity (Wildman–Crippen MR) is 229 cm³/mol. The fraction of sp³-hybridized carbons (Fsp3) is 0.0588. The quantitative estimate of drug-likeness (QED) is 0.183. The van der Waals surface area contributed by atoms with Crippen molar-refractivity contribution in [2.24, 2.45) is 0 Å². The maximum atomic E-state index is 5.38. The van der Waals surface area contributed by atoms with E-state index in [1.807, 2.05) is 6.07 Å². The van der Waals surface area contributed by atoms with Crippen LogP contribution in [0.25, 0.3) is 71.8 Å². The van der Waals surface area contributed by atoms with Crippen LogP contribution in [0.2, 0.25) is 0 Å². The Morgan fingerprint density at radius 3 is 2.02 bits per heavy atom. The van der Waals surface area contributed by atoms with Gasteiger partial charge in [-0.25, -0.2) is 9.97 Å². The molecule has 0 amide bonds. The summed E-state index contributed by atoms with van der Waals surface area (Å²) in [6.45, 7) is 4.72. The number of para-hydroxylation sites is 3. The van der Waals surface area contributed by atoms with Crippen LogP contribution in [0.5, 0.6) is 0 Å². The third-order valence-corrected chi connectivity index (χ3v) is 11.6. The highest BCUT2D eigenvalue weighted by atomic mass is 15.2. The average Bonchev–Trinajstić information content (AvgIpc) is 3.59. The van der Waals surface area contributed by atoms with Crippen LogP contribution >= 0.6 is 0 Å². The molecule has 10 aromatic rings. The predicted octanol–water partition coefficient (Wildman–Crippen LogP) is 13.3. The molecule has 4 nitrogen and oxygen atoms in total. The maximum Gasteiger partial charge on any atom is 0.235 e. The van der Waals surface area contributed by atoms with Crippen molar-refractivity contribution in [3.8, 4) is 28.3 Å². The first-order chi connectivity index (χ1) is 27.1. The maximum absolute atomic E-state index is 5.38. The van der Waals surface area contributed by atoms with Gasteiger partial charge in [0.15, 0.2) is 0 Å². The van der Waals surface area contributed by atoms with Gasteiger partial charge in [-0.1, -0.05) is 147 Å². The number of hydrogen-bond donors (Lipinski definition) is 0. The molecule has 0 radical (unpaired) electrons. The standard InChI is InChI=1S/C51H36N4/c1-51(2)40-24-12-14-26-43(40)54(36-19-7-4-8-20-36)44-30-29-35(32-41(44)51)38-23-15-27-45-48(38)47-37-21-10-9-16-33(37)28-31-46(47)55(45)50-52-42-25-13-11-22-39(42)49(53-50)34-17-5-3-6-18-34/h3-32H,1-2H3. The zero-order valence-electron chi connectivity index (χ0n) is 30.6. The van der Waals surface area contributed by atoms with Gasteiger partial charge in [0.1, 0.15) is 0 Å². The van der Waals surface area contributed by atoms with Crippen LogP contribution in [0.1, 0.15) is 25.0 Å². The van der Waals surface area contributed by atoms with Crippen LogP contribution in [-0.4, -0.2) is 14.5 Å². The summed E-state index contributed by atoms with van der Waals surface area (Å²) in [4.78, 5) is 13.1. The Kier molecular flexibility index (Phi) is 6.86. The van der Waals surface area contributed by atoms with Crippen LogP contribution in [0.4, 0.5) is 17.1 Å². The molecule has 0 saturated heterocycles. The van der Waals surface area contributed by atoms with Gasteiger partial charge in [-0.15, -0.1) is 0 Å². The van der Waals surface area contributed by atoms with Gasteiger partial charge in [0.05, 0.1) is 33.6 Å². The molecular formula is C51H36N4. The number of aromatic nitrogens is 3. The van der Waals surface area contributed by atoms with E-state index < -0.39 is 0 Å². The van der Waals surface area contributed by atoms with Crippen molar-refractivity contribution in [2.45, 2.75) is 19.3 Å². The van der Waals surface area contributed by atoms with E-state index in [0.717, 1.165) is 38.9 Å². The summed E-state index contributed by atoms with van der Waals surface area (Å²) in [5, 5.41) is 5.85. The molecule has 0 spiro atoms. The van der Waals surface area contributed by atoms with E-state index >= 15 is 0 Å². The SMILES string of the molecule is CC1(C)c2ccccc2N(c2ccccc2)c2ccc(-c3cccc4c3c3c5ccccc5ccc3n4-c3nc(-c4ccccc4)c4ccccc4n3)cc21. The number of benzene rings is 8. The van der Waals surface area contributed by atoms with E-state index in [1.54, 1.807) is 0 Å². The average molecular weight is 705 g/mol. The summed E-state index contributed by atoms with van der Waals surface area (Å²) >= 11 is 0. The second-order valence-corrected chi connectivity index (χ2v) is 15.0. The van der Waals surface area contributed by atoms with Crippen LogP contribution in [0, 0.1) is 0 Å². The number of hydrogen-bond acceptors (Lipinski definition) is 3. The van der Waals surface area contributed by atoms with E-state index in [1.165, 1.54) is 55.2 Å². The largest absolute Gasteiger partial charge is 0.310 e. The molecular weight excluding hydrogens is 669 g/mol. The third kappa shape index (κ3) is 4.71. The van der Waals surface area contributed by atoms with Gasteiger partial charge in [0.25, 0.3) is 0 Å². The number of rotatable bonds is 4. The highest BCUT2D eigenvalue weighted by Crippen LogP contribution is 2.53. The number of anilines is 3. The molecule has 1 aliphatic rings. The lowest BCUT2D eigenvalue weighted by molar-refractivity contribution is 0.632. The minimum absolute atomic E-state index is 0.228. The summed E-state index contributed by atoms with van der Waals surface area (Å²) in [6.07, 6.45) is 0. The molecule has 0 fully saturated rings. The monoisotopic (exact) mass is 704 g/mol. The number of nitrogens with zero attached hydrogens (tertiary/aromatic N) is 4. The first-order valence-electron chi connectivity index (χ1n) is 18.9. The fourth-order valence-electron chi connectivity index (χ4n) is 8.99. The lowest BCUT2D eigenvalue weighted by Gasteiger charge is -2.42. The van der Waals surface area contributed by atoms with Gasteiger partial charge in [-0.2, -0.15) is 0 Å². The highest BCUT2D eigenvalue weighted by Gasteiger charge is 2.37. The van der Waals surface area contributed by atoms with E-state index in [9.17, 15) is 0 Å². The Morgan fingerprint density at radius 1 is 0.473 bits per heavy atom. The molecule has 0 unspecified atom stereocenters. The van der Waals surface area contributed by atoms with E-state index in [0.29, 0.717) is 5.95 Å². The summed E-state index contributed by atoms with van der Waals surface area (Å²) in [5.74, 6) is 0.659.